The number of nitrogens with one attached hydrogen (secondary N) is 1. The fraction of sp³-hybridized carbons (Fsp3) is 0.143. The van der Waals surface area contributed by atoms with Gasteiger partial charge < -0.3 is 5.32 Å². The summed E-state index contributed by atoms with van der Waals surface area (Å²) in [6.07, 6.45) is 1.58. The summed E-state index contributed by atoms with van der Waals surface area (Å²) in [5, 5.41) is 2.99. The maximum absolute atomic E-state index is 13.9. The van der Waals surface area contributed by atoms with Gasteiger partial charge in [0, 0.05) is 18.3 Å². The molecule has 2 rings (SSSR count). The van der Waals surface area contributed by atoms with E-state index in [1.165, 1.54) is 12.1 Å². The molecule has 5 heteroatoms. The fourth-order valence-corrected chi connectivity index (χ4v) is 1.93. The third-order valence-electron chi connectivity index (χ3n) is 2.58. The molecule has 0 bridgehead atoms. The van der Waals surface area contributed by atoms with E-state index in [0.29, 0.717) is 22.8 Å². The van der Waals surface area contributed by atoms with Crippen LogP contribution >= 0.6 is 11.6 Å². The zero-order valence-corrected chi connectivity index (χ0v) is 11.0. The Morgan fingerprint density at radius 2 is 2.21 bits per heavy atom. The molecule has 3 nitrogen and oxygen atoms in total. The fourth-order valence-electron chi connectivity index (χ4n) is 1.70. The lowest BCUT2D eigenvalue weighted by Crippen LogP contribution is -2.23. The maximum Gasteiger partial charge on any atom is 0.254 e. The highest BCUT2D eigenvalue weighted by Gasteiger charge is 2.13. The molecule has 1 aromatic heterocycles. The van der Waals surface area contributed by atoms with Gasteiger partial charge in [-0.05, 0) is 31.2 Å². The van der Waals surface area contributed by atoms with Gasteiger partial charge in [-0.15, -0.1) is 0 Å². The van der Waals surface area contributed by atoms with Crippen molar-refractivity contribution < 1.29 is 9.18 Å². The molecule has 0 aliphatic carbocycles. The molecule has 0 saturated carbocycles. The van der Waals surface area contributed by atoms with Crippen molar-refractivity contribution in [3.63, 3.8) is 0 Å². The topological polar surface area (TPSA) is 42.0 Å². The van der Waals surface area contributed by atoms with Gasteiger partial charge in [-0.25, -0.2) is 4.39 Å². The first kappa shape index (κ1) is 13.5. The maximum atomic E-state index is 13.9. The molecule has 1 N–H and O–H groups in total. The molecule has 0 fully saturated rings. The monoisotopic (exact) mass is 278 g/mol. The van der Waals surface area contributed by atoms with Crippen LogP contribution in [0, 0.1) is 5.82 Å². The molecule has 1 aromatic carbocycles. The van der Waals surface area contributed by atoms with E-state index in [2.05, 4.69) is 10.3 Å². The molecule has 1 heterocycles. The molecule has 0 atom stereocenters. The second-order valence-corrected chi connectivity index (χ2v) is 4.30. The van der Waals surface area contributed by atoms with E-state index >= 15 is 0 Å². The molecule has 98 valence electrons. The Morgan fingerprint density at radius 1 is 1.42 bits per heavy atom. The highest BCUT2D eigenvalue weighted by atomic mass is 35.5. The van der Waals surface area contributed by atoms with E-state index in [9.17, 15) is 9.18 Å². The van der Waals surface area contributed by atoms with Crippen molar-refractivity contribution in [2.75, 3.05) is 6.54 Å². The standard InChI is InChI=1S/C14H12ClFN2O/c1-2-17-14(19)10-6-5-9(8-12(10)16)13-11(15)4-3-7-18-13/h3-8H,2H2,1H3,(H,17,19). The average molecular weight is 279 g/mol. The Bertz CT molecular complexity index is 616. The van der Waals surface area contributed by atoms with Gasteiger partial charge in [0.15, 0.2) is 0 Å². The number of amides is 1. The SMILES string of the molecule is CCNC(=O)c1ccc(-c2ncccc2Cl)cc1F. The van der Waals surface area contributed by atoms with Crippen molar-refractivity contribution >= 4 is 17.5 Å². The van der Waals surface area contributed by atoms with Gasteiger partial charge in [0.2, 0.25) is 0 Å². The Balaban J connectivity index is 2.39. The van der Waals surface area contributed by atoms with E-state index in [0.717, 1.165) is 0 Å². The van der Waals surface area contributed by atoms with Crippen LogP contribution in [0.4, 0.5) is 4.39 Å². The predicted molar refractivity (Wildman–Crippen MR) is 72.6 cm³/mol. The van der Waals surface area contributed by atoms with Gasteiger partial charge in [-0.3, -0.25) is 9.78 Å². The molecule has 0 radical (unpaired) electrons. The van der Waals surface area contributed by atoms with E-state index in [4.69, 9.17) is 11.6 Å². The number of benzene rings is 1. The zero-order valence-electron chi connectivity index (χ0n) is 10.3. The van der Waals surface area contributed by atoms with Crippen LogP contribution < -0.4 is 5.32 Å². The van der Waals surface area contributed by atoms with Crippen LogP contribution in [0.3, 0.4) is 0 Å². The molecule has 0 saturated heterocycles. The summed E-state index contributed by atoms with van der Waals surface area (Å²) in [5.74, 6) is -1.02. The first-order valence-electron chi connectivity index (χ1n) is 5.82. The summed E-state index contributed by atoms with van der Waals surface area (Å²) < 4.78 is 13.9. The second kappa shape index (κ2) is 5.80. The highest BCUT2D eigenvalue weighted by Crippen LogP contribution is 2.26. The van der Waals surface area contributed by atoms with Gasteiger partial charge in [-0.1, -0.05) is 17.7 Å². The predicted octanol–water partition coefficient (Wildman–Crippen LogP) is 3.29. The number of nitrogens with zero attached hydrogens (tertiary/aromatic N) is 1. The number of hydrogen-bond donors (Lipinski definition) is 1. The van der Waals surface area contributed by atoms with Crippen molar-refractivity contribution in [2.45, 2.75) is 6.92 Å². The second-order valence-electron chi connectivity index (χ2n) is 3.89. The average Bonchev–Trinajstić information content (AvgIpc) is 2.39. The van der Waals surface area contributed by atoms with Crippen molar-refractivity contribution in [2.24, 2.45) is 0 Å². The Hall–Kier alpha value is -1.94. The highest BCUT2D eigenvalue weighted by molar-refractivity contribution is 6.33. The Morgan fingerprint density at radius 3 is 2.84 bits per heavy atom. The van der Waals surface area contributed by atoms with Crippen LogP contribution in [0.15, 0.2) is 36.5 Å². The Labute approximate surface area is 115 Å². The number of aromatic nitrogens is 1. The number of carbonyl (C=O) groups excluding carboxylic acids is 1. The summed E-state index contributed by atoms with van der Waals surface area (Å²) in [7, 11) is 0. The number of pyridine rings is 1. The van der Waals surface area contributed by atoms with Gasteiger partial charge >= 0.3 is 0 Å². The first-order chi connectivity index (χ1) is 9.13. The number of carbonyl (C=O) groups is 1. The molecule has 0 aliphatic heterocycles. The van der Waals surface area contributed by atoms with E-state index in [1.54, 1.807) is 31.3 Å². The van der Waals surface area contributed by atoms with Crippen molar-refractivity contribution in [1.29, 1.82) is 0 Å². The molecule has 19 heavy (non-hydrogen) atoms. The minimum Gasteiger partial charge on any atom is -0.352 e. The molecule has 0 spiro atoms. The minimum absolute atomic E-state index is 0.0117. The quantitative estimate of drug-likeness (QED) is 0.936. The van der Waals surface area contributed by atoms with Crippen molar-refractivity contribution in [3.8, 4) is 11.3 Å². The van der Waals surface area contributed by atoms with E-state index in [1.807, 2.05) is 0 Å². The van der Waals surface area contributed by atoms with Crippen LogP contribution in [0.5, 0.6) is 0 Å². The molecular weight excluding hydrogens is 267 g/mol. The summed E-state index contributed by atoms with van der Waals surface area (Å²) in [5.41, 5.74) is 1.04. The third kappa shape index (κ3) is 2.90. The normalized spacial score (nSPS) is 10.3. The van der Waals surface area contributed by atoms with E-state index in [-0.39, 0.29) is 5.56 Å². The molecule has 0 unspecified atom stereocenters. The smallest absolute Gasteiger partial charge is 0.254 e. The van der Waals surface area contributed by atoms with Crippen LogP contribution in [-0.4, -0.2) is 17.4 Å². The van der Waals surface area contributed by atoms with Crippen LogP contribution in [0.2, 0.25) is 5.02 Å². The van der Waals surface area contributed by atoms with Gasteiger partial charge in [0.25, 0.3) is 5.91 Å². The lowest BCUT2D eigenvalue weighted by Gasteiger charge is -2.07. The summed E-state index contributed by atoms with van der Waals surface area (Å²) in [6.45, 7) is 2.23. The Kier molecular flexibility index (Phi) is 4.12. The molecule has 1 amide bonds. The molecule has 0 aliphatic rings. The number of hydrogen-bond acceptors (Lipinski definition) is 2. The summed E-state index contributed by atoms with van der Waals surface area (Å²) >= 11 is 6.00. The number of halogens is 2. The molecular formula is C14H12ClFN2O. The molecule has 2 aromatic rings. The van der Waals surface area contributed by atoms with Crippen LogP contribution in [-0.2, 0) is 0 Å². The lowest BCUT2D eigenvalue weighted by molar-refractivity contribution is 0.0952. The van der Waals surface area contributed by atoms with Gasteiger partial charge in [0.05, 0.1) is 16.3 Å². The first-order valence-corrected chi connectivity index (χ1v) is 6.20. The summed E-state index contributed by atoms with van der Waals surface area (Å²) in [4.78, 5) is 15.7. The summed E-state index contributed by atoms with van der Waals surface area (Å²) in [6, 6.07) is 7.70. The van der Waals surface area contributed by atoms with E-state index < -0.39 is 11.7 Å². The van der Waals surface area contributed by atoms with Gasteiger partial charge in [-0.2, -0.15) is 0 Å². The third-order valence-corrected chi connectivity index (χ3v) is 2.89. The number of rotatable bonds is 3. The minimum atomic E-state index is -0.592. The largest absolute Gasteiger partial charge is 0.352 e. The lowest BCUT2D eigenvalue weighted by atomic mass is 10.1. The zero-order chi connectivity index (χ0) is 13.8. The van der Waals surface area contributed by atoms with Crippen LogP contribution in [0.25, 0.3) is 11.3 Å². The van der Waals surface area contributed by atoms with Crippen LogP contribution in [0.1, 0.15) is 17.3 Å². The van der Waals surface area contributed by atoms with Gasteiger partial charge in [0.1, 0.15) is 5.82 Å². The van der Waals surface area contributed by atoms with Crippen molar-refractivity contribution in [3.05, 3.63) is 52.9 Å². The van der Waals surface area contributed by atoms with Crippen molar-refractivity contribution in [1.82, 2.24) is 10.3 Å².